The molecule has 0 atom stereocenters. The van der Waals surface area contributed by atoms with Crippen LogP contribution in [0.3, 0.4) is 0 Å². The van der Waals surface area contributed by atoms with E-state index < -0.39 is 0 Å². The SMILES string of the molecule is CCCCCN.CCCCOC. The maximum Gasteiger partial charge on any atom is 0.0462 e. The van der Waals surface area contributed by atoms with Crippen molar-refractivity contribution in [3.05, 3.63) is 0 Å². The van der Waals surface area contributed by atoms with Crippen molar-refractivity contribution in [3.8, 4) is 0 Å². The molecular weight excluding hydrogens is 150 g/mol. The maximum absolute atomic E-state index is 5.21. The van der Waals surface area contributed by atoms with Crippen molar-refractivity contribution < 1.29 is 4.74 Å². The van der Waals surface area contributed by atoms with E-state index in [1.165, 1.54) is 32.1 Å². The highest BCUT2D eigenvalue weighted by Crippen LogP contribution is 1.88. The fraction of sp³-hybridized carbons (Fsp3) is 1.00. The second-order valence-electron chi connectivity index (χ2n) is 2.84. The number of methoxy groups -OCH3 is 1. The fourth-order valence-electron chi connectivity index (χ4n) is 0.683. The Bertz CT molecular complexity index is 41.8. The van der Waals surface area contributed by atoms with Gasteiger partial charge in [0.1, 0.15) is 0 Å². The molecule has 0 aliphatic rings. The largest absolute Gasteiger partial charge is 0.385 e. The maximum atomic E-state index is 5.21. The molecule has 0 fully saturated rings. The number of hydrogen-bond donors (Lipinski definition) is 1. The van der Waals surface area contributed by atoms with Crippen molar-refractivity contribution in [2.75, 3.05) is 20.3 Å². The molecule has 2 N–H and O–H groups in total. The predicted molar refractivity (Wildman–Crippen MR) is 55.4 cm³/mol. The van der Waals surface area contributed by atoms with Crippen LogP contribution in [-0.4, -0.2) is 20.3 Å². The summed E-state index contributed by atoms with van der Waals surface area (Å²) in [7, 11) is 1.73. The van der Waals surface area contributed by atoms with Gasteiger partial charge in [0.15, 0.2) is 0 Å². The van der Waals surface area contributed by atoms with Gasteiger partial charge >= 0.3 is 0 Å². The average Bonchev–Trinajstić information content (AvgIpc) is 2.12. The fourth-order valence-corrected chi connectivity index (χ4v) is 0.683. The molecule has 0 amide bonds. The van der Waals surface area contributed by atoms with E-state index in [1.54, 1.807) is 7.11 Å². The lowest BCUT2D eigenvalue weighted by molar-refractivity contribution is 0.194. The van der Waals surface area contributed by atoms with Gasteiger partial charge in [-0.05, 0) is 19.4 Å². The zero-order valence-corrected chi connectivity index (χ0v) is 8.94. The molecular formula is C10H25NO. The van der Waals surface area contributed by atoms with E-state index in [-0.39, 0.29) is 0 Å². The minimum absolute atomic E-state index is 0.855. The van der Waals surface area contributed by atoms with Crippen molar-refractivity contribution in [1.29, 1.82) is 0 Å². The molecule has 0 saturated heterocycles. The molecule has 2 heteroatoms. The second-order valence-corrected chi connectivity index (χ2v) is 2.84. The molecule has 0 aromatic rings. The summed E-state index contributed by atoms with van der Waals surface area (Å²) >= 11 is 0. The van der Waals surface area contributed by atoms with Gasteiger partial charge in [-0.15, -0.1) is 0 Å². The third-order valence-corrected chi connectivity index (χ3v) is 1.51. The van der Waals surface area contributed by atoms with Crippen LogP contribution in [0.15, 0.2) is 0 Å². The van der Waals surface area contributed by atoms with Crippen LogP contribution in [0.2, 0.25) is 0 Å². The van der Waals surface area contributed by atoms with E-state index >= 15 is 0 Å². The summed E-state index contributed by atoms with van der Waals surface area (Å²) in [6.07, 6.45) is 6.18. The first-order chi connectivity index (χ1) is 5.83. The molecule has 0 aromatic carbocycles. The molecule has 0 bridgehead atoms. The van der Waals surface area contributed by atoms with Crippen molar-refractivity contribution in [2.45, 2.75) is 46.0 Å². The molecule has 0 spiro atoms. The van der Waals surface area contributed by atoms with E-state index in [4.69, 9.17) is 10.5 Å². The summed E-state index contributed by atoms with van der Waals surface area (Å²) in [6.45, 7) is 6.10. The molecule has 0 saturated carbocycles. The Balaban J connectivity index is 0. The van der Waals surface area contributed by atoms with E-state index in [0.29, 0.717) is 0 Å². The van der Waals surface area contributed by atoms with Crippen LogP contribution in [0.25, 0.3) is 0 Å². The second kappa shape index (κ2) is 17.1. The normalized spacial score (nSPS) is 9.00. The van der Waals surface area contributed by atoms with Gasteiger partial charge in [-0.25, -0.2) is 0 Å². The average molecular weight is 175 g/mol. The lowest BCUT2D eigenvalue weighted by Gasteiger charge is -1.89. The molecule has 0 aliphatic heterocycles. The highest BCUT2D eigenvalue weighted by molar-refractivity contribution is 4.35. The lowest BCUT2D eigenvalue weighted by atomic mass is 10.3. The van der Waals surface area contributed by atoms with Crippen LogP contribution in [0.1, 0.15) is 46.0 Å². The molecule has 0 unspecified atom stereocenters. The van der Waals surface area contributed by atoms with Gasteiger partial charge in [0.2, 0.25) is 0 Å². The summed E-state index contributed by atoms with van der Waals surface area (Å²) in [6, 6.07) is 0. The first-order valence-corrected chi connectivity index (χ1v) is 5.02. The molecule has 12 heavy (non-hydrogen) atoms. The third kappa shape index (κ3) is 22.5. The highest BCUT2D eigenvalue weighted by atomic mass is 16.5. The van der Waals surface area contributed by atoms with Gasteiger partial charge in [-0.1, -0.05) is 33.1 Å². The van der Waals surface area contributed by atoms with Crippen LogP contribution in [0.4, 0.5) is 0 Å². The smallest absolute Gasteiger partial charge is 0.0462 e. The monoisotopic (exact) mass is 175 g/mol. The predicted octanol–water partition coefficient (Wildman–Crippen LogP) is 2.57. The Kier molecular flexibility index (Phi) is 20.6. The number of hydrogen-bond acceptors (Lipinski definition) is 2. The molecule has 0 aliphatic carbocycles. The summed E-state index contributed by atoms with van der Waals surface area (Å²) < 4.78 is 4.78. The topological polar surface area (TPSA) is 35.2 Å². The van der Waals surface area contributed by atoms with Crippen molar-refractivity contribution in [1.82, 2.24) is 0 Å². The minimum atomic E-state index is 0.855. The molecule has 0 aromatic heterocycles. The van der Waals surface area contributed by atoms with Crippen LogP contribution >= 0.6 is 0 Å². The lowest BCUT2D eigenvalue weighted by Crippen LogP contribution is -1.96. The van der Waals surface area contributed by atoms with Crippen molar-refractivity contribution in [3.63, 3.8) is 0 Å². The Hall–Kier alpha value is -0.0800. The van der Waals surface area contributed by atoms with E-state index in [1.807, 2.05) is 0 Å². The standard InChI is InChI=1S/C5H13N.C5H12O/c1-2-3-4-5-6;1-3-4-5-6-2/h2-6H2,1H3;3-5H2,1-2H3. The van der Waals surface area contributed by atoms with Gasteiger partial charge in [-0.3, -0.25) is 0 Å². The van der Waals surface area contributed by atoms with Crippen LogP contribution in [0, 0.1) is 0 Å². The minimum Gasteiger partial charge on any atom is -0.385 e. The number of unbranched alkanes of at least 4 members (excludes halogenated alkanes) is 3. The first-order valence-electron chi connectivity index (χ1n) is 5.02. The molecule has 2 nitrogen and oxygen atoms in total. The Morgan fingerprint density at radius 2 is 1.58 bits per heavy atom. The zero-order chi connectivity index (χ0) is 9.66. The van der Waals surface area contributed by atoms with Crippen molar-refractivity contribution in [2.24, 2.45) is 5.73 Å². The van der Waals surface area contributed by atoms with Crippen LogP contribution in [0.5, 0.6) is 0 Å². The van der Waals surface area contributed by atoms with Gasteiger partial charge in [0.05, 0.1) is 0 Å². The number of rotatable bonds is 6. The molecule has 76 valence electrons. The van der Waals surface area contributed by atoms with Gasteiger partial charge in [0.25, 0.3) is 0 Å². The summed E-state index contributed by atoms with van der Waals surface area (Å²) in [4.78, 5) is 0. The van der Waals surface area contributed by atoms with Crippen LogP contribution in [-0.2, 0) is 4.74 Å². The summed E-state index contributed by atoms with van der Waals surface area (Å²) in [5.41, 5.74) is 5.21. The van der Waals surface area contributed by atoms with Gasteiger partial charge in [-0.2, -0.15) is 0 Å². The first kappa shape index (κ1) is 14.4. The van der Waals surface area contributed by atoms with E-state index in [0.717, 1.165) is 13.2 Å². The Morgan fingerprint density at radius 1 is 1.00 bits per heavy atom. The van der Waals surface area contributed by atoms with Gasteiger partial charge in [0, 0.05) is 13.7 Å². The third-order valence-electron chi connectivity index (χ3n) is 1.51. The van der Waals surface area contributed by atoms with Gasteiger partial charge < -0.3 is 10.5 Å². The van der Waals surface area contributed by atoms with E-state index in [9.17, 15) is 0 Å². The number of ether oxygens (including phenoxy) is 1. The molecule has 0 radical (unpaired) electrons. The molecule has 0 heterocycles. The highest BCUT2D eigenvalue weighted by Gasteiger charge is 1.75. The summed E-state index contributed by atoms with van der Waals surface area (Å²) in [5.74, 6) is 0. The zero-order valence-electron chi connectivity index (χ0n) is 8.94. The number of nitrogens with two attached hydrogens (primary N) is 1. The van der Waals surface area contributed by atoms with E-state index in [2.05, 4.69) is 13.8 Å². The summed E-state index contributed by atoms with van der Waals surface area (Å²) in [5, 5.41) is 0. The van der Waals surface area contributed by atoms with Crippen LogP contribution < -0.4 is 5.73 Å². The Labute approximate surface area is 77.5 Å². The Morgan fingerprint density at radius 3 is 1.75 bits per heavy atom. The molecule has 0 rings (SSSR count). The quantitative estimate of drug-likeness (QED) is 0.630. The van der Waals surface area contributed by atoms with Crippen molar-refractivity contribution >= 4 is 0 Å².